The van der Waals surface area contributed by atoms with Gasteiger partial charge in [0, 0.05) is 25.3 Å². The number of carboxylic acid groups (broad SMARTS) is 1. The predicted octanol–water partition coefficient (Wildman–Crippen LogP) is 1.69. The summed E-state index contributed by atoms with van der Waals surface area (Å²) in [5.74, 6) is 0. The predicted molar refractivity (Wildman–Crippen MR) is 78.5 cm³/mol. The fraction of sp³-hybridized carbons (Fsp3) is 0.312. The quantitative estimate of drug-likeness (QED) is 0.761. The van der Waals surface area contributed by atoms with Crippen LogP contribution in [0.15, 0.2) is 48.2 Å². The molecule has 0 saturated carbocycles. The number of rotatable bonds is 0. The molecule has 4 rings (SSSR count). The highest BCUT2D eigenvalue weighted by Crippen LogP contribution is 2.40. The van der Waals surface area contributed by atoms with E-state index in [4.69, 9.17) is 0 Å². The van der Waals surface area contributed by atoms with Crippen LogP contribution in [0.25, 0.3) is 0 Å². The molecular formula is C16H17N3O2. The first-order chi connectivity index (χ1) is 10.2. The normalized spacial score (nSPS) is 26.6. The molecule has 0 radical (unpaired) electrons. The molecule has 3 heterocycles. The second kappa shape index (κ2) is 4.36. The summed E-state index contributed by atoms with van der Waals surface area (Å²) in [7, 11) is 0. The van der Waals surface area contributed by atoms with Crippen molar-refractivity contribution < 1.29 is 9.90 Å². The van der Waals surface area contributed by atoms with Crippen LogP contribution in [0.2, 0.25) is 0 Å². The van der Waals surface area contributed by atoms with Crippen molar-refractivity contribution in [2.24, 2.45) is 0 Å². The molecule has 1 aromatic carbocycles. The molecule has 1 atom stereocenters. The largest absolute Gasteiger partial charge is 0.465 e. The first-order valence-electron chi connectivity index (χ1n) is 7.15. The van der Waals surface area contributed by atoms with Crippen molar-refractivity contribution in [2.75, 3.05) is 19.6 Å². The van der Waals surface area contributed by atoms with Gasteiger partial charge in [0.15, 0.2) is 0 Å². The average molecular weight is 283 g/mol. The topological polar surface area (TPSA) is 55.8 Å². The summed E-state index contributed by atoms with van der Waals surface area (Å²) in [5, 5.41) is 13.0. The third-order valence-electron chi connectivity index (χ3n) is 4.60. The van der Waals surface area contributed by atoms with Crippen molar-refractivity contribution in [1.29, 1.82) is 0 Å². The molecule has 0 aliphatic carbocycles. The summed E-state index contributed by atoms with van der Waals surface area (Å²) >= 11 is 0. The molecule has 0 aromatic heterocycles. The smallest absolute Gasteiger partial charge is 0.407 e. The van der Waals surface area contributed by atoms with Crippen molar-refractivity contribution in [1.82, 2.24) is 15.1 Å². The minimum absolute atomic E-state index is 0.441. The molecule has 1 unspecified atom stereocenters. The fourth-order valence-electron chi connectivity index (χ4n) is 3.64. The zero-order chi connectivity index (χ0) is 14.4. The first kappa shape index (κ1) is 12.5. The Hall–Kier alpha value is -2.27. The van der Waals surface area contributed by atoms with Gasteiger partial charge in [-0.15, -0.1) is 0 Å². The SMILES string of the molecule is O=C(O)N1Cc2ccccc2C2(C1)NCC1=CC=CCN12. The van der Waals surface area contributed by atoms with E-state index in [0.29, 0.717) is 13.1 Å². The van der Waals surface area contributed by atoms with Gasteiger partial charge in [-0.1, -0.05) is 36.4 Å². The summed E-state index contributed by atoms with van der Waals surface area (Å²) in [4.78, 5) is 15.3. The second-order valence-electron chi connectivity index (χ2n) is 5.71. The lowest BCUT2D eigenvalue weighted by Gasteiger charge is -2.47. The Labute approximate surface area is 123 Å². The molecule has 5 heteroatoms. The summed E-state index contributed by atoms with van der Waals surface area (Å²) in [6.45, 7) is 2.48. The van der Waals surface area contributed by atoms with Gasteiger partial charge >= 0.3 is 6.09 Å². The minimum Gasteiger partial charge on any atom is -0.465 e. The lowest BCUT2D eigenvalue weighted by Crippen LogP contribution is -2.59. The molecular weight excluding hydrogens is 266 g/mol. The Bertz CT molecular complexity index is 667. The van der Waals surface area contributed by atoms with Gasteiger partial charge in [0.1, 0.15) is 5.66 Å². The molecule has 3 aliphatic rings. The van der Waals surface area contributed by atoms with E-state index in [-0.39, 0.29) is 0 Å². The zero-order valence-corrected chi connectivity index (χ0v) is 11.6. The average Bonchev–Trinajstić information content (AvgIpc) is 2.87. The molecule has 1 fully saturated rings. The molecule has 5 nitrogen and oxygen atoms in total. The summed E-state index contributed by atoms with van der Waals surface area (Å²) in [5.41, 5.74) is 3.05. The van der Waals surface area contributed by atoms with Gasteiger partial charge in [-0.3, -0.25) is 10.2 Å². The maximum Gasteiger partial charge on any atom is 0.407 e. The van der Waals surface area contributed by atoms with Crippen molar-refractivity contribution >= 4 is 6.09 Å². The zero-order valence-electron chi connectivity index (χ0n) is 11.6. The van der Waals surface area contributed by atoms with Crippen LogP contribution in [-0.2, 0) is 12.2 Å². The van der Waals surface area contributed by atoms with Crippen molar-refractivity contribution in [3.63, 3.8) is 0 Å². The number of fused-ring (bicyclic) bond motifs is 4. The number of hydrogen-bond acceptors (Lipinski definition) is 3. The highest BCUT2D eigenvalue weighted by molar-refractivity contribution is 5.66. The lowest BCUT2D eigenvalue weighted by molar-refractivity contribution is 0.0613. The number of carbonyl (C=O) groups is 1. The highest BCUT2D eigenvalue weighted by atomic mass is 16.4. The molecule has 3 aliphatic heterocycles. The maximum atomic E-state index is 11.5. The van der Waals surface area contributed by atoms with E-state index < -0.39 is 11.8 Å². The van der Waals surface area contributed by atoms with Crippen molar-refractivity contribution in [3.05, 3.63) is 59.3 Å². The summed E-state index contributed by atoms with van der Waals surface area (Å²) in [6, 6.07) is 8.14. The molecule has 2 N–H and O–H groups in total. The molecule has 0 bridgehead atoms. The van der Waals surface area contributed by atoms with Crippen molar-refractivity contribution in [2.45, 2.75) is 12.2 Å². The molecule has 1 saturated heterocycles. The minimum atomic E-state index is -0.865. The second-order valence-corrected chi connectivity index (χ2v) is 5.71. The Morgan fingerprint density at radius 2 is 2.19 bits per heavy atom. The van der Waals surface area contributed by atoms with Gasteiger partial charge in [0.25, 0.3) is 0 Å². The fourth-order valence-corrected chi connectivity index (χ4v) is 3.64. The Morgan fingerprint density at radius 3 is 3.05 bits per heavy atom. The van der Waals surface area contributed by atoms with Crippen LogP contribution < -0.4 is 5.32 Å². The van der Waals surface area contributed by atoms with Crippen LogP contribution in [0.4, 0.5) is 4.79 Å². The number of benzene rings is 1. The van der Waals surface area contributed by atoms with E-state index in [1.165, 1.54) is 16.2 Å². The number of amides is 1. The third kappa shape index (κ3) is 1.70. The van der Waals surface area contributed by atoms with E-state index in [1.807, 2.05) is 18.2 Å². The van der Waals surface area contributed by atoms with Gasteiger partial charge < -0.3 is 10.0 Å². The molecule has 21 heavy (non-hydrogen) atoms. The van der Waals surface area contributed by atoms with E-state index >= 15 is 0 Å². The number of nitrogens with one attached hydrogen (secondary N) is 1. The molecule has 1 aromatic rings. The first-order valence-corrected chi connectivity index (χ1v) is 7.15. The van der Waals surface area contributed by atoms with E-state index in [2.05, 4.69) is 34.5 Å². The lowest BCUT2D eigenvalue weighted by atomic mass is 9.88. The van der Waals surface area contributed by atoms with Gasteiger partial charge in [-0.25, -0.2) is 4.79 Å². The maximum absolute atomic E-state index is 11.5. The Balaban J connectivity index is 1.85. The highest BCUT2D eigenvalue weighted by Gasteiger charge is 2.49. The third-order valence-corrected chi connectivity index (χ3v) is 4.60. The van der Waals surface area contributed by atoms with Gasteiger partial charge in [0.05, 0.1) is 6.54 Å². The molecule has 1 spiro atoms. The Kier molecular flexibility index (Phi) is 2.59. The summed E-state index contributed by atoms with van der Waals surface area (Å²) < 4.78 is 0. The number of hydrogen-bond donors (Lipinski definition) is 2. The standard InChI is InChI=1S/C16H17N3O2/c20-15(21)18-10-12-5-1-2-7-14(12)16(11-18)17-9-13-6-3-4-8-19(13)16/h1-7,17H,8-11H2,(H,20,21). The molecule has 1 amide bonds. The molecule has 108 valence electrons. The van der Waals surface area contributed by atoms with Crippen LogP contribution >= 0.6 is 0 Å². The van der Waals surface area contributed by atoms with E-state index in [1.54, 1.807) is 0 Å². The van der Waals surface area contributed by atoms with E-state index in [0.717, 1.165) is 18.7 Å². The summed E-state index contributed by atoms with van der Waals surface area (Å²) in [6.07, 6.45) is 5.42. The number of nitrogens with zero attached hydrogens (tertiary/aromatic N) is 2. The van der Waals surface area contributed by atoms with Gasteiger partial charge in [-0.2, -0.15) is 0 Å². The monoisotopic (exact) mass is 283 g/mol. The van der Waals surface area contributed by atoms with Crippen LogP contribution in [0.3, 0.4) is 0 Å². The van der Waals surface area contributed by atoms with E-state index in [9.17, 15) is 9.90 Å². The van der Waals surface area contributed by atoms with Crippen molar-refractivity contribution in [3.8, 4) is 0 Å². The van der Waals surface area contributed by atoms with Gasteiger partial charge in [0.2, 0.25) is 0 Å². The van der Waals surface area contributed by atoms with Crippen LogP contribution in [0.1, 0.15) is 11.1 Å². The van der Waals surface area contributed by atoms with Crippen LogP contribution in [0, 0.1) is 0 Å². The number of allylic oxidation sites excluding steroid dienone is 2. The van der Waals surface area contributed by atoms with Gasteiger partial charge in [-0.05, 0) is 17.2 Å². The van der Waals surface area contributed by atoms with Crippen LogP contribution in [-0.4, -0.2) is 40.6 Å². The Morgan fingerprint density at radius 1 is 1.33 bits per heavy atom. The van der Waals surface area contributed by atoms with Crippen LogP contribution in [0.5, 0.6) is 0 Å².